The molecule has 0 aliphatic carbocycles. The number of methoxy groups -OCH3 is 1. The third kappa shape index (κ3) is 4.33. The molecule has 0 unspecified atom stereocenters. The molecule has 0 bridgehead atoms. The molecular weight excluding hydrogens is 208 g/mol. The Morgan fingerprint density at radius 2 is 2.00 bits per heavy atom. The van der Waals surface area contributed by atoms with Gasteiger partial charge < -0.3 is 15.0 Å². The lowest BCUT2D eigenvalue weighted by Crippen LogP contribution is -2.42. The molecule has 0 aromatic carbocycles. The van der Waals surface area contributed by atoms with Crippen molar-refractivity contribution in [1.82, 2.24) is 10.2 Å². The van der Waals surface area contributed by atoms with Gasteiger partial charge in [-0.05, 0) is 12.8 Å². The molecule has 1 saturated heterocycles. The molecule has 1 N–H and O–H groups in total. The largest absolute Gasteiger partial charge is 0.466 e. The summed E-state index contributed by atoms with van der Waals surface area (Å²) in [6.45, 7) is 3.22. The lowest BCUT2D eigenvalue weighted by atomic mass is 10.1. The SMILES string of the molecule is COC(=O)/C=C/N1CCC(NC(C)=O)CC1. The number of ether oxygens (including phenoxy) is 1. The molecule has 0 atom stereocenters. The maximum absolute atomic E-state index is 10.9. The molecule has 5 heteroatoms. The van der Waals surface area contributed by atoms with Crippen molar-refractivity contribution < 1.29 is 14.3 Å². The molecule has 1 heterocycles. The Morgan fingerprint density at radius 1 is 1.38 bits per heavy atom. The van der Waals surface area contributed by atoms with Crippen molar-refractivity contribution >= 4 is 11.9 Å². The van der Waals surface area contributed by atoms with Gasteiger partial charge in [-0.25, -0.2) is 4.79 Å². The number of carbonyl (C=O) groups excluding carboxylic acids is 2. The fourth-order valence-corrected chi connectivity index (χ4v) is 1.71. The average molecular weight is 226 g/mol. The molecule has 1 amide bonds. The lowest BCUT2D eigenvalue weighted by Gasteiger charge is -2.31. The monoisotopic (exact) mass is 226 g/mol. The van der Waals surface area contributed by atoms with Crippen LogP contribution in [0.25, 0.3) is 0 Å². The number of nitrogens with one attached hydrogen (secondary N) is 1. The summed E-state index contributed by atoms with van der Waals surface area (Å²) >= 11 is 0. The van der Waals surface area contributed by atoms with E-state index in [2.05, 4.69) is 15.0 Å². The molecule has 1 aliphatic rings. The van der Waals surface area contributed by atoms with Crippen LogP contribution in [0.3, 0.4) is 0 Å². The summed E-state index contributed by atoms with van der Waals surface area (Å²) < 4.78 is 4.51. The van der Waals surface area contributed by atoms with Gasteiger partial charge in [-0.2, -0.15) is 0 Å². The van der Waals surface area contributed by atoms with E-state index in [9.17, 15) is 9.59 Å². The Labute approximate surface area is 95.4 Å². The first-order valence-electron chi connectivity index (χ1n) is 5.39. The van der Waals surface area contributed by atoms with Crippen LogP contribution < -0.4 is 5.32 Å². The minimum Gasteiger partial charge on any atom is -0.466 e. The van der Waals surface area contributed by atoms with Crippen LogP contribution in [0.2, 0.25) is 0 Å². The normalized spacial score (nSPS) is 17.5. The smallest absolute Gasteiger partial charge is 0.331 e. The van der Waals surface area contributed by atoms with Gasteiger partial charge in [0.05, 0.1) is 7.11 Å². The molecule has 16 heavy (non-hydrogen) atoms. The highest BCUT2D eigenvalue weighted by molar-refractivity contribution is 5.81. The molecule has 1 fully saturated rings. The summed E-state index contributed by atoms with van der Waals surface area (Å²) in [4.78, 5) is 23.8. The van der Waals surface area contributed by atoms with Gasteiger partial charge in [0, 0.05) is 38.3 Å². The van der Waals surface area contributed by atoms with Gasteiger partial charge >= 0.3 is 5.97 Å². The van der Waals surface area contributed by atoms with Crippen LogP contribution in [0, 0.1) is 0 Å². The maximum atomic E-state index is 10.9. The highest BCUT2D eigenvalue weighted by Crippen LogP contribution is 2.10. The van der Waals surface area contributed by atoms with Crippen LogP contribution in [-0.4, -0.2) is 43.0 Å². The maximum Gasteiger partial charge on any atom is 0.331 e. The van der Waals surface area contributed by atoms with Gasteiger partial charge in [-0.15, -0.1) is 0 Å². The number of hydrogen-bond acceptors (Lipinski definition) is 4. The Balaban J connectivity index is 2.29. The number of likely N-dealkylation sites (tertiary alicyclic amines) is 1. The first-order chi connectivity index (χ1) is 7.61. The topological polar surface area (TPSA) is 58.6 Å². The van der Waals surface area contributed by atoms with Crippen LogP contribution in [0.15, 0.2) is 12.3 Å². The Morgan fingerprint density at radius 3 is 2.50 bits per heavy atom. The number of hydrogen-bond donors (Lipinski definition) is 1. The molecule has 5 nitrogen and oxygen atoms in total. The summed E-state index contributed by atoms with van der Waals surface area (Å²) in [6, 6.07) is 0.264. The Kier molecular flexibility index (Phi) is 4.82. The summed E-state index contributed by atoms with van der Waals surface area (Å²) in [7, 11) is 1.36. The van der Waals surface area contributed by atoms with Crippen LogP contribution in [-0.2, 0) is 14.3 Å². The number of carbonyl (C=O) groups is 2. The zero-order chi connectivity index (χ0) is 12.0. The van der Waals surface area contributed by atoms with Gasteiger partial charge in [0.25, 0.3) is 0 Å². The van der Waals surface area contributed by atoms with Crippen molar-refractivity contribution in [3.8, 4) is 0 Å². The van der Waals surface area contributed by atoms with Gasteiger partial charge in [0.15, 0.2) is 0 Å². The molecular formula is C11H18N2O3. The van der Waals surface area contributed by atoms with E-state index >= 15 is 0 Å². The molecule has 0 radical (unpaired) electrons. The summed E-state index contributed by atoms with van der Waals surface area (Å²) in [5.74, 6) is -0.326. The molecule has 0 saturated carbocycles. The van der Waals surface area contributed by atoms with E-state index in [-0.39, 0.29) is 17.9 Å². The van der Waals surface area contributed by atoms with Gasteiger partial charge in [-0.1, -0.05) is 0 Å². The van der Waals surface area contributed by atoms with Crippen molar-refractivity contribution in [3.63, 3.8) is 0 Å². The summed E-state index contributed by atoms with van der Waals surface area (Å²) in [5.41, 5.74) is 0. The minimum atomic E-state index is -0.344. The van der Waals surface area contributed by atoms with Gasteiger partial charge in [0.1, 0.15) is 0 Å². The zero-order valence-corrected chi connectivity index (χ0v) is 9.73. The van der Waals surface area contributed by atoms with Crippen molar-refractivity contribution in [2.45, 2.75) is 25.8 Å². The van der Waals surface area contributed by atoms with E-state index in [1.54, 1.807) is 6.20 Å². The van der Waals surface area contributed by atoms with E-state index < -0.39 is 0 Å². The second-order valence-electron chi connectivity index (χ2n) is 3.85. The first-order valence-corrected chi connectivity index (χ1v) is 5.39. The minimum absolute atomic E-state index is 0.0172. The van der Waals surface area contributed by atoms with Crippen LogP contribution in [0.5, 0.6) is 0 Å². The molecule has 0 aromatic heterocycles. The molecule has 1 rings (SSSR count). The zero-order valence-electron chi connectivity index (χ0n) is 9.73. The van der Waals surface area contributed by atoms with Crippen LogP contribution >= 0.6 is 0 Å². The molecule has 0 aromatic rings. The predicted octanol–water partition coefficient (Wildman–Crippen LogP) is 0.274. The number of amides is 1. The van der Waals surface area contributed by atoms with E-state index in [1.807, 2.05) is 0 Å². The quantitative estimate of drug-likeness (QED) is 0.554. The Hall–Kier alpha value is -1.52. The van der Waals surface area contributed by atoms with E-state index in [0.717, 1.165) is 25.9 Å². The molecule has 1 aliphatic heterocycles. The van der Waals surface area contributed by atoms with Gasteiger partial charge in [-0.3, -0.25) is 4.79 Å². The summed E-state index contributed by atoms with van der Waals surface area (Å²) in [6.07, 6.45) is 4.98. The number of nitrogens with zero attached hydrogens (tertiary/aromatic N) is 1. The van der Waals surface area contributed by atoms with E-state index in [0.29, 0.717) is 0 Å². The highest BCUT2D eigenvalue weighted by Gasteiger charge is 2.17. The first kappa shape index (κ1) is 12.5. The highest BCUT2D eigenvalue weighted by atomic mass is 16.5. The lowest BCUT2D eigenvalue weighted by molar-refractivity contribution is -0.134. The number of esters is 1. The van der Waals surface area contributed by atoms with Gasteiger partial charge in [0.2, 0.25) is 5.91 Å². The summed E-state index contributed by atoms with van der Waals surface area (Å²) in [5, 5.41) is 2.90. The van der Waals surface area contributed by atoms with Crippen molar-refractivity contribution in [2.24, 2.45) is 0 Å². The third-order valence-corrected chi connectivity index (χ3v) is 2.56. The second-order valence-corrected chi connectivity index (χ2v) is 3.85. The molecule has 0 spiro atoms. The van der Waals surface area contributed by atoms with Crippen molar-refractivity contribution in [2.75, 3.05) is 20.2 Å². The second kappa shape index (κ2) is 6.15. The third-order valence-electron chi connectivity index (χ3n) is 2.56. The standard InChI is InChI=1S/C11H18N2O3/c1-9(14)12-10-3-6-13(7-4-10)8-5-11(15)16-2/h5,8,10H,3-4,6-7H2,1-2H3,(H,12,14)/b8-5+. The van der Waals surface area contributed by atoms with Crippen molar-refractivity contribution in [3.05, 3.63) is 12.3 Å². The Bertz CT molecular complexity index is 281. The fraction of sp³-hybridized carbons (Fsp3) is 0.636. The fourth-order valence-electron chi connectivity index (χ4n) is 1.71. The predicted molar refractivity (Wildman–Crippen MR) is 59.6 cm³/mol. The van der Waals surface area contributed by atoms with Crippen LogP contribution in [0.4, 0.5) is 0 Å². The average Bonchev–Trinajstić information content (AvgIpc) is 2.27. The number of piperidine rings is 1. The van der Waals surface area contributed by atoms with E-state index in [4.69, 9.17) is 0 Å². The molecule has 90 valence electrons. The number of rotatable bonds is 3. The van der Waals surface area contributed by atoms with Crippen LogP contribution in [0.1, 0.15) is 19.8 Å². The van der Waals surface area contributed by atoms with Crippen molar-refractivity contribution in [1.29, 1.82) is 0 Å². The van der Waals surface area contributed by atoms with E-state index in [1.165, 1.54) is 20.1 Å².